The van der Waals surface area contributed by atoms with Crippen molar-refractivity contribution >= 4 is 0 Å². The summed E-state index contributed by atoms with van der Waals surface area (Å²) in [7, 11) is 0. The quantitative estimate of drug-likeness (QED) is 0.575. The number of piperidine rings is 1. The molecule has 0 bridgehead atoms. The summed E-state index contributed by atoms with van der Waals surface area (Å²) in [5, 5.41) is 3.46. The van der Waals surface area contributed by atoms with Crippen molar-refractivity contribution < 1.29 is 0 Å². The lowest BCUT2D eigenvalue weighted by atomic mass is 9.91. The SMILES string of the molecule is C1=CC=C2NCCCC2CC=C1. The highest BCUT2D eigenvalue weighted by molar-refractivity contribution is 5.21. The Balaban J connectivity index is 2.16. The molecular weight excluding hydrogens is 146 g/mol. The Morgan fingerprint density at radius 2 is 2.25 bits per heavy atom. The highest BCUT2D eigenvalue weighted by atomic mass is 14.9. The topological polar surface area (TPSA) is 12.0 Å². The molecule has 1 N–H and O–H groups in total. The first-order chi connectivity index (χ1) is 5.97. The largest absolute Gasteiger partial charge is 0.388 e. The van der Waals surface area contributed by atoms with Crippen LogP contribution in [-0.2, 0) is 0 Å². The third-order valence-electron chi connectivity index (χ3n) is 2.55. The van der Waals surface area contributed by atoms with E-state index in [-0.39, 0.29) is 0 Å². The molecule has 2 aliphatic rings. The van der Waals surface area contributed by atoms with Crippen molar-refractivity contribution in [3.63, 3.8) is 0 Å². The van der Waals surface area contributed by atoms with Crippen LogP contribution < -0.4 is 5.32 Å². The molecule has 1 aliphatic heterocycles. The van der Waals surface area contributed by atoms with E-state index in [1.807, 2.05) is 0 Å². The maximum atomic E-state index is 3.46. The molecule has 0 aromatic heterocycles. The zero-order chi connectivity index (χ0) is 8.23. The predicted molar refractivity (Wildman–Crippen MR) is 51.7 cm³/mol. The van der Waals surface area contributed by atoms with Crippen molar-refractivity contribution in [2.24, 2.45) is 5.92 Å². The average Bonchev–Trinajstić information content (AvgIpc) is 2.06. The molecule has 1 atom stereocenters. The van der Waals surface area contributed by atoms with Crippen LogP contribution in [0.25, 0.3) is 0 Å². The monoisotopic (exact) mass is 161 g/mol. The number of hydrogen-bond donors (Lipinski definition) is 1. The minimum Gasteiger partial charge on any atom is -0.388 e. The highest BCUT2D eigenvalue weighted by Gasteiger charge is 2.16. The third-order valence-corrected chi connectivity index (χ3v) is 2.55. The van der Waals surface area contributed by atoms with Crippen LogP contribution in [0.1, 0.15) is 19.3 Å². The second kappa shape index (κ2) is 3.61. The molecular formula is C11H15N. The van der Waals surface area contributed by atoms with E-state index >= 15 is 0 Å². The Bertz CT molecular complexity index is 235. The second-order valence-electron chi connectivity index (χ2n) is 3.44. The molecule has 1 nitrogen and oxygen atoms in total. The van der Waals surface area contributed by atoms with Crippen molar-refractivity contribution in [2.45, 2.75) is 19.3 Å². The van der Waals surface area contributed by atoms with E-state index in [9.17, 15) is 0 Å². The van der Waals surface area contributed by atoms with Gasteiger partial charge in [0.25, 0.3) is 0 Å². The summed E-state index contributed by atoms with van der Waals surface area (Å²) in [4.78, 5) is 0. The fourth-order valence-electron chi connectivity index (χ4n) is 1.87. The normalized spacial score (nSPS) is 28.0. The van der Waals surface area contributed by atoms with Crippen molar-refractivity contribution in [1.29, 1.82) is 0 Å². The van der Waals surface area contributed by atoms with Gasteiger partial charge in [-0.05, 0) is 25.3 Å². The van der Waals surface area contributed by atoms with Gasteiger partial charge in [-0.1, -0.05) is 24.3 Å². The van der Waals surface area contributed by atoms with E-state index in [0.717, 1.165) is 12.5 Å². The second-order valence-corrected chi connectivity index (χ2v) is 3.44. The fraction of sp³-hybridized carbons (Fsp3) is 0.455. The minimum absolute atomic E-state index is 0.750. The van der Waals surface area contributed by atoms with Gasteiger partial charge in [0.05, 0.1) is 0 Å². The number of fused-ring (bicyclic) bond motifs is 1. The molecule has 12 heavy (non-hydrogen) atoms. The zero-order valence-electron chi connectivity index (χ0n) is 7.29. The highest BCUT2D eigenvalue weighted by Crippen LogP contribution is 2.24. The molecule has 64 valence electrons. The number of hydrogen-bond acceptors (Lipinski definition) is 1. The van der Waals surface area contributed by atoms with Crippen LogP contribution in [0.5, 0.6) is 0 Å². The first-order valence-corrected chi connectivity index (χ1v) is 4.74. The molecule has 1 unspecified atom stereocenters. The van der Waals surface area contributed by atoms with Crippen LogP contribution in [0.2, 0.25) is 0 Å². The van der Waals surface area contributed by atoms with Gasteiger partial charge in [0, 0.05) is 18.2 Å². The van der Waals surface area contributed by atoms with Crippen LogP contribution in [0.15, 0.2) is 36.1 Å². The van der Waals surface area contributed by atoms with Gasteiger partial charge >= 0.3 is 0 Å². The van der Waals surface area contributed by atoms with Crippen LogP contribution in [0, 0.1) is 5.92 Å². The fourth-order valence-corrected chi connectivity index (χ4v) is 1.87. The Kier molecular flexibility index (Phi) is 2.31. The summed E-state index contributed by atoms with van der Waals surface area (Å²) in [5.41, 5.74) is 1.43. The summed E-state index contributed by atoms with van der Waals surface area (Å²) in [6.07, 6.45) is 14.7. The first-order valence-electron chi connectivity index (χ1n) is 4.74. The Morgan fingerprint density at radius 3 is 3.25 bits per heavy atom. The molecule has 0 amide bonds. The number of rotatable bonds is 0. The smallest absolute Gasteiger partial charge is 0.0144 e. The maximum Gasteiger partial charge on any atom is 0.0144 e. The van der Waals surface area contributed by atoms with Crippen molar-refractivity contribution in [1.82, 2.24) is 5.32 Å². The lowest BCUT2D eigenvalue weighted by Crippen LogP contribution is -2.27. The van der Waals surface area contributed by atoms with Gasteiger partial charge in [-0.15, -0.1) is 0 Å². The summed E-state index contributed by atoms with van der Waals surface area (Å²) in [6, 6.07) is 0. The molecule has 2 rings (SSSR count). The summed E-state index contributed by atoms with van der Waals surface area (Å²) >= 11 is 0. The zero-order valence-corrected chi connectivity index (χ0v) is 7.29. The molecule has 0 aromatic carbocycles. The summed E-state index contributed by atoms with van der Waals surface area (Å²) in [6.45, 7) is 1.15. The standard InChI is InChI=1S/C11H15N/c1-2-4-8-11-10(6-3-1)7-5-9-12-11/h1-4,8,10,12H,5-7,9H2. The minimum atomic E-state index is 0.750. The Hall–Kier alpha value is -0.980. The van der Waals surface area contributed by atoms with Gasteiger partial charge in [0.15, 0.2) is 0 Å². The van der Waals surface area contributed by atoms with Crippen molar-refractivity contribution in [2.75, 3.05) is 6.54 Å². The van der Waals surface area contributed by atoms with Crippen molar-refractivity contribution in [3.8, 4) is 0 Å². The molecule has 0 radical (unpaired) electrons. The van der Waals surface area contributed by atoms with Gasteiger partial charge < -0.3 is 5.32 Å². The first kappa shape index (κ1) is 7.66. The van der Waals surface area contributed by atoms with Gasteiger partial charge in [-0.25, -0.2) is 0 Å². The summed E-state index contributed by atoms with van der Waals surface area (Å²) in [5.74, 6) is 0.750. The maximum absolute atomic E-state index is 3.46. The van der Waals surface area contributed by atoms with Crippen LogP contribution in [-0.4, -0.2) is 6.54 Å². The molecule has 1 heterocycles. The molecule has 1 saturated heterocycles. The van der Waals surface area contributed by atoms with E-state index in [2.05, 4.69) is 35.7 Å². The van der Waals surface area contributed by atoms with Gasteiger partial charge in [0.2, 0.25) is 0 Å². The molecule has 1 aliphatic carbocycles. The van der Waals surface area contributed by atoms with Crippen molar-refractivity contribution in [3.05, 3.63) is 36.1 Å². The molecule has 0 saturated carbocycles. The van der Waals surface area contributed by atoms with Gasteiger partial charge in [-0.2, -0.15) is 0 Å². The molecule has 1 heteroatoms. The van der Waals surface area contributed by atoms with Gasteiger partial charge in [-0.3, -0.25) is 0 Å². The van der Waals surface area contributed by atoms with E-state index in [1.165, 1.54) is 25.0 Å². The average molecular weight is 161 g/mol. The summed E-state index contributed by atoms with van der Waals surface area (Å²) < 4.78 is 0. The molecule has 0 aromatic rings. The predicted octanol–water partition coefficient (Wildman–Crippen LogP) is 2.39. The molecule has 1 fully saturated rings. The van der Waals surface area contributed by atoms with E-state index in [4.69, 9.17) is 0 Å². The lowest BCUT2D eigenvalue weighted by Gasteiger charge is -2.26. The van der Waals surface area contributed by atoms with Crippen LogP contribution in [0.3, 0.4) is 0 Å². The third kappa shape index (κ3) is 1.60. The van der Waals surface area contributed by atoms with E-state index in [1.54, 1.807) is 0 Å². The van der Waals surface area contributed by atoms with E-state index in [0.29, 0.717) is 0 Å². The van der Waals surface area contributed by atoms with Crippen LogP contribution in [0.4, 0.5) is 0 Å². The lowest BCUT2D eigenvalue weighted by molar-refractivity contribution is 0.447. The Labute approximate surface area is 73.9 Å². The van der Waals surface area contributed by atoms with Gasteiger partial charge in [0.1, 0.15) is 0 Å². The van der Waals surface area contributed by atoms with Crippen LogP contribution >= 0.6 is 0 Å². The Morgan fingerprint density at radius 1 is 1.25 bits per heavy atom. The number of nitrogens with one attached hydrogen (secondary N) is 1. The number of allylic oxidation sites excluding steroid dienone is 6. The molecule has 0 spiro atoms. The van der Waals surface area contributed by atoms with E-state index < -0.39 is 0 Å².